The number of hydrogen-bond donors (Lipinski definition) is 2. The summed E-state index contributed by atoms with van der Waals surface area (Å²) in [5, 5.41) is 4.09. The van der Waals surface area contributed by atoms with Crippen molar-refractivity contribution in [3.05, 3.63) is 64.3 Å². The van der Waals surface area contributed by atoms with E-state index >= 15 is 0 Å². The predicted molar refractivity (Wildman–Crippen MR) is 104 cm³/mol. The van der Waals surface area contributed by atoms with Gasteiger partial charge >= 0.3 is 0 Å². The van der Waals surface area contributed by atoms with Crippen LogP contribution in [0.1, 0.15) is 21.6 Å². The third-order valence-corrected chi connectivity index (χ3v) is 5.86. The highest BCUT2D eigenvalue weighted by Crippen LogP contribution is 2.23. The van der Waals surface area contributed by atoms with Crippen molar-refractivity contribution in [3.63, 3.8) is 0 Å². The Hall–Kier alpha value is -2.31. The number of amides is 1. The van der Waals surface area contributed by atoms with Gasteiger partial charge in [0.1, 0.15) is 0 Å². The third kappa shape index (κ3) is 3.76. The Morgan fingerprint density at radius 2 is 1.92 bits per heavy atom. The fourth-order valence-electron chi connectivity index (χ4n) is 2.99. The first-order valence-electron chi connectivity index (χ1n) is 8.11. The van der Waals surface area contributed by atoms with Crippen LogP contribution in [0.5, 0.6) is 0 Å². The van der Waals surface area contributed by atoms with E-state index in [4.69, 9.17) is 11.6 Å². The van der Waals surface area contributed by atoms with Crippen molar-refractivity contribution in [2.45, 2.75) is 18.2 Å². The fourth-order valence-corrected chi connectivity index (χ4v) is 4.29. The highest BCUT2D eigenvalue weighted by atomic mass is 35.5. The molecule has 1 amide bonds. The average molecular weight is 391 g/mol. The van der Waals surface area contributed by atoms with Crippen molar-refractivity contribution in [2.24, 2.45) is 0 Å². The second-order valence-electron chi connectivity index (χ2n) is 6.20. The van der Waals surface area contributed by atoms with Crippen LogP contribution in [0, 0.1) is 6.92 Å². The van der Waals surface area contributed by atoms with Gasteiger partial charge in [-0.2, -0.15) is 0 Å². The zero-order chi connectivity index (χ0) is 18.9. The maximum absolute atomic E-state index is 12.4. The highest BCUT2D eigenvalue weighted by molar-refractivity contribution is 7.90. The lowest BCUT2D eigenvalue weighted by atomic mass is 10.1. The molecule has 26 heavy (non-hydrogen) atoms. The van der Waals surface area contributed by atoms with Gasteiger partial charge in [-0.05, 0) is 43.2 Å². The smallest absolute Gasteiger partial charge is 0.251 e. The van der Waals surface area contributed by atoms with E-state index in [1.807, 2.05) is 31.2 Å². The Morgan fingerprint density at radius 1 is 1.19 bits per heavy atom. The third-order valence-electron chi connectivity index (χ3n) is 4.28. The van der Waals surface area contributed by atoms with Crippen LogP contribution in [0.4, 0.5) is 0 Å². The van der Waals surface area contributed by atoms with Crippen molar-refractivity contribution in [2.75, 3.05) is 12.8 Å². The second-order valence-corrected chi connectivity index (χ2v) is 8.59. The number of halogens is 1. The summed E-state index contributed by atoms with van der Waals surface area (Å²) in [6.07, 6.45) is 1.74. The summed E-state index contributed by atoms with van der Waals surface area (Å²) in [6.45, 7) is 2.45. The van der Waals surface area contributed by atoms with Crippen LogP contribution in [0.25, 0.3) is 10.9 Å². The number of aryl methyl sites for hydroxylation is 1. The molecule has 0 aliphatic rings. The molecule has 0 unspecified atom stereocenters. The number of benzene rings is 2. The van der Waals surface area contributed by atoms with Crippen molar-refractivity contribution in [1.29, 1.82) is 0 Å². The summed E-state index contributed by atoms with van der Waals surface area (Å²) in [5.41, 5.74) is 3.58. The van der Waals surface area contributed by atoms with Gasteiger partial charge in [0.15, 0.2) is 9.84 Å². The van der Waals surface area contributed by atoms with Crippen LogP contribution < -0.4 is 5.32 Å². The van der Waals surface area contributed by atoms with Crippen molar-refractivity contribution in [3.8, 4) is 0 Å². The standard InChI is InChI=1S/C19H19ClN2O3S/c1-12-14(15-5-3-4-6-17(15)22-12)9-10-21-19(23)13-7-8-16(20)18(11-13)26(2,24)25/h3-8,11,22H,9-10H2,1-2H3,(H,21,23). The Kier molecular flexibility index (Phi) is 5.07. The molecular formula is C19H19ClN2O3S. The molecule has 2 N–H and O–H groups in total. The van der Waals surface area contributed by atoms with E-state index in [2.05, 4.69) is 10.3 Å². The van der Waals surface area contributed by atoms with Gasteiger partial charge in [-0.25, -0.2) is 8.42 Å². The number of para-hydroxylation sites is 1. The van der Waals surface area contributed by atoms with Gasteiger partial charge in [0, 0.05) is 35.0 Å². The molecule has 5 nitrogen and oxygen atoms in total. The van der Waals surface area contributed by atoms with Crippen LogP contribution in [-0.2, 0) is 16.3 Å². The normalized spacial score (nSPS) is 11.7. The molecule has 1 heterocycles. The summed E-state index contributed by atoms with van der Waals surface area (Å²) in [5.74, 6) is -0.330. The zero-order valence-corrected chi connectivity index (χ0v) is 16.0. The molecule has 3 rings (SSSR count). The lowest BCUT2D eigenvalue weighted by Crippen LogP contribution is -2.26. The van der Waals surface area contributed by atoms with Crippen LogP contribution in [-0.4, -0.2) is 32.1 Å². The van der Waals surface area contributed by atoms with E-state index in [1.165, 1.54) is 18.2 Å². The number of hydrogen-bond acceptors (Lipinski definition) is 3. The molecule has 0 fully saturated rings. The number of fused-ring (bicyclic) bond motifs is 1. The summed E-state index contributed by atoms with van der Waals surface area (Å²) in [7, 11) is -3.49. The van der Waals surface area contributed by atoms with Crippen LogP contribution in [0.15, 0.2) is 47.4 Å². The largest absolute Gasteiger partial charge is 0.358 e. The van der Waals surface area contributed by atoms with E-state index in [0.29, 0.717) is 13.0 Å². The van der Waals surface area contributed by atoms with Gasteiger partial charge in [0.25, 0.3) is 5.91 Å². The quantitative estimate of drug-likeness (QED) is 0.699. The molecule has 0 radical (unpaired) electrons. The Bertz CT molecular complexity index is 1090. The molecule has 1 aromatic heterocycles. The molecule has 3 aromatic rings. The van der Waals surface area contributed by atoms with Gasteiger partial charge in [-0.3, -0.25) is 4.79 Å². The molecule has 136 valence electrons. The highest BCUT2D eigenvalue weighted by Gasteiger charge is 2.16. The monoisotopic (exact) mass is 390 g/mol. The number of carbonyl (C=O) groups is 1. The zero-order valence-electron chi connectivity index (χ0n) is 14.5. The Labute approximate surface area is 157 Å². The minimum absolute atomic E-state index is 0.0423. The number of carbonyl (C=O) groups excluding carboxylic acids is 1. The number of aromatic amines is 1. The van der Waals surface area contributed by atoms with Crippen LogP contribution in [0.3, 0.4) is 0 Å². The summed E-state index contributed by atoms with van der Waals surface area (Å²) in [4.78, 5) is 15.6. The van der Waals surface area contributed by atoms with Crippen molar-refractivity contribution >= 4 is 38.2 Å². The van der Waals surface area contributed by atoms with Gasteiger partial charge in [0.2, 0.25) is 0 Å². The summed E-state index contributed by atoms with van der Waals surface area (Å²) >= 11 is 5.92. The molecule has 0 aliphatic carbocycles. The van der Waals surface area contributed by atoms with Crippen LogP contribution in [0.2, 0.25) is 5.02 Å². The Morgan fingerprint density at radius 3 is 2.65 bits per heavy atom. The maximum atomic E-state index is 12.4. The van der Waals surface area contributed by atoms with E-state index < -0.39 is 9.84 Å². The first kappa shape index (κ1) is 18.5. The lowest BCUT2D eigenvalue weighted by Gasteiger charge is -2.08. The number of H-pyrrole nitrogens is 1. The molecular weight excluding hydrogens is 372 g/mol. The number of aromatic nitrogens is 1. The number of sulfone groups is 1. The Balaban J connectivity index is 1.72. The van der Waals surface area contributed by atoms with E-state index in [-0.39, 0.29) is 21.4 Å². The van der Waals surface area contributed by atoms with Gasteiger partial charge in [-0.15, -0.1) is 0 Å². The minimum Gasteiger partial charge on any atom is -0.358 e. The SMILES string of the molecule is Cc1[nH]c2ccccc2c1CCNC(=O)c1ccc(Cl)c(S(C)(=O)=O)c1. The number of rotatable bonds is 5. The molecule has 0 spiro atoms. The van der Waals surface area contributed by atoms with Crippen molar-refractivity contribution in [1.82, 2.24) is 10.3 Å². The van der Waals surface area contributed by atoms with E-state index in [0.717, 1.165) is 28.4 Å². The predicted octanol–water partition coefficient (Wildman–Crippen LogP) is 3.51. The molecule has 7 heteroatoms. The molecule has 0 aliphatic heterocycles. The minimum atomic E-state index is -3.49. The number of nitrogens with one attached hydrogen (secondary N) is 2. The van der Waals surface area contributed by atoms with Gasteiger partial charge in [0.05, 0.1) is 9.92 Å². The molecule has 0 saturated carbocycles. The molecule has 2 aromatic carbocycles. The first-order valence-corrected chi connectivity index (χ1v) is 10.4. The second kappa shape index (κ2) is 7.13. The summed E-state index contributed by atoms with van der Waals surface area (Å²) in [6, 6.07) is 12.3. The lowest BCUT2D eigenvalue weighted by molar-refractivity contribution is 0.0954. The molecule has 0 saturated heterocycles. The van der Waals surface area contributed by atoms with Gasteiger partial charge in [-0.1, -0.05) is 29.8 Å². The molecule has 0 bridgehead atoms. The molecule has 0 atom stereocenters. The first-order chi connectivity index (χ1) is 12.3. The average Bonchev–Trinajstić information content (AvgIpc) is 2.90. The van der Waals surface area contributed by atoms with E-state index in [9.17, 15) is 13.2 Å². The maximum Gasteiger partial charge on any atom is 0.251 e. The van der Waals surface area contributed by atoms with E-state index in [1.54, 1.807) is 0 Å². The summed E-state index contributed by atoms with van der Waals surface area (Å²) < 4.78 is 23.5. The van der Waals surface area contributed by atoms with Gasteiger partial charge < -0.3 is 10.3 Å². The van der Waals surface area contributed by atoms with Crippen LogP contribution >= 0.6 is 11.6 Å². The fraction of sp³-hybridized carbons (Fsp3) is 0.211. The topological polar surface area (TPSA) is 79.0 Å². The van der Waals surface area contributed by atoms with Crippen molar-refractivity contribution < 1.29 is 13.2 Å².